The standard InChI is InChI=1S/C21H43NO3/c1-3-5-7-9-11-15-19-24-21(17-13-14-18-22(21)23)25-20-16-12-10-8-6-4-2/h23H,3-20H2,1-2H3. The van der Waals surface area contributed by atoms with Crippen LogP contribution < -0.4 is 0 Å². The van der Waals surface area contributed by atoms with Gasteiger partial charge in [0.05, 0.1) is 13.2 Å². The molecule has 1 aliphatic rings. The third-order valence-electron chi connectivity index (χ3n) is 5.16. The minimum absolute atomic E-state index is 0.646. The number of hydroxylamine groups is 2. The molecule has 0 spiro atoms. The summed E-state index contributed by atoms with van der Waals surface area (Å²) in [4.78, 5) is 0. The van der Waals surface area contributed by atoms with Crippen LogP contribution in [0, 0.1) is 0 Å². The van der Waals surface area contributed by atoms with Gasteiger partial charge in [0, 0.05) is 13.0 Å². The van der Waals surface area contributed by atoms with Crippen LogP contribution in [0.1, 0.15) is 110 Å². The van der Waals surface area contributed by atoms with Crippen molar-refractivity contribution < 1.29 is 14.7 Å². The molecule has 4 heteroatoms. The maximum atomic E-state index is 10.3. The summed E-state index contributed by atoms with van der Waals surface area (Å²) in [5, 5.41) is 11.7. The molecule has 0 bridgehead atoms. The van der Waals surface area contributed by atoms with E-state index >= 15 is 0 Å². The first-order valence-corrected chi connectivity index (χ1v) is 11.0. The van der Waals surface area contributed by atoms with Crippen molar-refractivity contribution in [3.63, 3.8) is 0 Å². The van der Waals surface area contributed by atoms with Crippen molar-refractivity contribution in [3.05, 3.63) is 0 Å². The summed E-state index contributed by atoms with van der Waals surface area (Å²) in [7, 11) is 0. The Hall–Kier alpha value is -0.160. The van der Waals surface area contributed by atoms with Gasteiger partial charge in [0.15, 0.2) is 0 Å². The summed E-state index contributed by atoms with van der Waals surface area (Å²) >= 11 is 0. The van der Waals surface area contributed by atoms with Crippen molar-refractivity contribution in [1.29, 1.82) is 0 Å². The molecule has 0 aromatic heterocycles. The molecule has 0 unspecified atom stereocenters. The average molecular weight is 358 g/mol. The van der Waals surface area contributed by atoms with Gasteiger partial charge in [0.25, 0.3) is 5.91 Å². The van der Waals surface area contributed by atoms with Gasteiger partial charge in [0.1, 0.15) is 0 Å². The van der Waals surface area contributed by atoms with E-state index in [1.54, 1.807) is 0 Å². The van der Waals surface area contributed by atoms with Crippen LogP contribution in [0.4, 0.5) is 0 Å². The lowest BCUT2D eigenvalue weighted by Gasteiger charge is -2.42. The van der Waals surface area contributed by atoms with E-state index in [0.29, 0.717) is 19.8 Å². The van der Waals surface area contributed by atoms with E-state index in [1.165, 1.54) is 69.3 Å². The average Bonchev–Trinajstić information content (AvgIpc) is 2.62. The minimum Gasteiger partial charge on any atom is -0.336 e. The summed E-state index contributed by atoms with van der Waals surface area (Å²) in [5.41, 5.74) is 0. The zero-order valence-corrected chi connectivity index (χ0v) is 16.9. The van der Waals surface area contributed by atoms with Crippen molar-refractivity contribution in [2.24, 2.45) is 0 Å². The summed E-state index contributed by atoms with van der Waals surface area (Å²) < 4.78 is 12.2. The first-order chi connectivity index (χ1) is 12.2. The van der Waals surface area contributed by atoms with Crippen LogP contribution >= 0.6 is 0 Å². The summed E-state index contributed by atoms with van der Waals surface area (Å²) in [5.74, 6) is -0.884. The number of ether oxygens (including phenoxy) is 2. The van der Waals surface area contributed by atoms with E-state index in [4.69, 9.17) is 9.47 Å². The van der Waals surface area contributed by atoms with E-state index in [-0.39, 0.29) is 0 Å². The molecule has 150 valence electrons. The Balaban J connectivity index is 2.24. The number of nitrogens with zero attached hydrogens (tertiary/aromatic N) is 1. The second-order valence-electron chi connectivity index (χ2n) is 7.53. The van der Waals surface area contributed by atoms with Crippen LogP contribution in [0.3, 0.4) is 0 Å². The monoisotopic (exact) mass is 357 g/mol. The Morgan fingerprint density at radius 3 is 1.68 bits per heavy atom. The van der Waals surface area contributed by atoms with Crippen LogP contribution in [0.5, 0.6) is 0 Å². The van der Waals surface area contributed by atoms with Gasteiger partial charge in [-0.2, -0.15) is 0 Å². The molecule has 0 atom stereocenters. The lowest BCUT2D eigenvalue weighted by Crippen LogP contribution is -2.54. The predicted molar refractivity (Wildman–Crippen MR) is 104 cm³/mol. The molecule has 1 rings (SSSR count). The number of hydrogen-bond donors (Lipinski definition) is 1. The quantitative estimate of drug-likeness (QED) is 0.261. The molecule has 1 heterocycles. The van der Waals surface area contributed by atoms with Gasteiger partial charge >= 0.3 is 0 Å². The van der Waals surface area contributed by atoms with E-state index in [0.717, 1.165) is 32.1 Å². The molecule has 0 aromatic rings. The molecule has 0 radical (unpaired) electrons. The Kier molecular flexibility index (Phi) is 13.7. The van der Waals surface area contributed by atoms with Crippen LogP contribution in [0.25, 0.3) is 0 Å². The third-order valence-corrected chi connectivity index (χ3v) is 5.16. The number of hydrogen-bond acceptors (Lipinski definition) is 4. The molecule has 25 heavy (non-hydrogen) atoms. The molecule has 1 aliphatic heterocycles. The van der Waals surface area contributed by atoms with Gasteiger partial charge in [-0.05, 0) is 25.7 Å². The first-order valence-electron chi connectivity index (χ1n) is 11.0. The van der Waals surface area contributed by atoms with Crippen molar-refractivity contribution >= 4 is 0 Å². The van der Waals surface area contributed by atoms with E-state index in [1.807, 2.05) is 0 Å². The van der Waals surface area contributed by atoms with Crippen molar-refractivity contribution in [2.75, 3.05) is 19.8 Å². The maximum Gasteiger partial charge on any atom is 0.251 e. The molecule has 0 amide bonds. The molecular formula is C21H43NO3. The van der Waals surface area contributed by atoms with Crippen molar-refractivity contribution in [3.8, 4) is 0 Å². The second kappa shape index (κ2) is 15.0. The highest BCUT2D eigenvalue weighted by Gasteiger charge is 2.40. The zero-order valence-electron chi connectivity index (χ0n) is 16.9. The summed E-state index contributed by atoms with van der Waals surface area (Å²) in [6.45, 7) is 6.49. The lowest BCUT2D eigenvalue weighted by atomic mass is 10.1. The summed E-state index contributed by atoms with van der Waals surface area (Å²) in [6, 6.07) is 0. The highest BCUT2D eigenvalue weighted by molar-refractivity contribution is 4.72. The maximum absolute atomic E-state index is 10.3. The van der Waals surface area contributed by atoms with Gasteiger partial charge in [0.2, 0.25) is 0 Å². The van der Waals surface area contributed by atoms with Gasteiger partial charge in [-0.15, -0.1) is 5.06 Å². The molecule has 1 N–H and O–H groups in total. The Morgan fingerprint density at radius 2 is 1.20 bits per heavy atom. The van der Waals surface area contributed by atoms with Crippen molar-refractivity contribution in [1.82, 2.24) is 5.06 Å². The lowest BCUT2D eigenvalue weighted by molar-refractivity contribution is -0.406. The van der Waals surface area contributed by atoms with Gasteiger partial charge in [-0.25, -0.2) is 0 Å². The summed E-state index contributed by atoms with van der Waals surface area (Å²) in [6.07, 6.45) is 17.8. The SMILES string of the molecule is CCCCCCCCOC1(OCCCCCCCC)CCCCN1O. The molecule has 1 saturated heterocycles. The first kappa shape index (κ1) is 22.9. The number of piperidine rings is 1. The fourth-order valence-corrected chi connectivity index (χ4v) is 3.47. The fourth-order valence-electron chi connectivity index (χ4n) is 3.47. The van der Waals surface area contributed by atoms with Crippen molar-refractivity contribution in [2.45, 2.75) is 116 Å². The Morgan fingerprint density at radius 1 is 0.720 bits per heavy atom. The molecule has 0 aliphatic carbocycles. The Bertz CT molecular complexity index is 281. The zero-order chi connectivity index (χ0) is 18.2. The third kappa shape index (κ3) is 9.93. The predicted octanol–water partition coefficient (Wildman–Crippen LogP) is 6.27. The normalized spacial score (nSPS) is 17.9. The Labute approximate surface area is 156 Å². The highest BCUT2D eigenvalue weighted by Crippen LogP contribution is 2.30. The molecule has 1 fully saturated rings. The van der Waals surface area contributed by atoms with Crippen LogP contribution in [-0.4, -0.2) is 35.9 Å². The van der Waals surface area contributed by atoms with E-state index in [2.05, 4.69) is 13.8 Å². The molecule has 0 aromatic carbocycles. The van der Waals surface area contributed by atoms with Gasteiger partial charge in [-0.1, -0.05) is 78.1 Å². The molecule has 4 nitrogen and oxygen atoms in total. The number of unbranched alkanes of at least 4 members (excludes halogenated alkanes) is 10. The minimum atomic E-state index is -0.884. The van der Waals surface area contributed by atoms with E-state index in [9.17, 15) is 5.21 Å². The fraction of sp³-hybridized carbons (Fsp3) is 1.00. The number of rotatable bonds is 16. The van der Waals surface area contributed by atoms with Crippen LogP contribution in [0.15, 0.2) is 0 Å². The van der Waals surface area contributed by atoms with E-state index < -0.39 is 5.91 Å². The molecule has 0 saturated carbocycles. The highest BCUT2D eigenvalue weighted by atomic mass is 16.8. The smallest absolute Gasteiger partial charge is 0.251 e. The second-order valence-corrected chi connectivity index (χ2v) is 7.53. The van der Waals surface area contributed by atoms with Crippen LogP contribution in [-0.2, 0) is 9.47 Å². The van der Waals surface area contributed by atoms with Gasteiger partial charge in [-0.3, -0.25) is 0 Å². The van der Waals surface area contributed by atoms with Crippen LogP contribution in [0.2, 0.25) is 0 Å². The topological polar surface area (TPSA) is 41.9 Å². The largest absolute Gasteiger partial charge is 0.336 e. The molecular weight excluding hydrogens is 314 g/mol. The van der Waals surface area contributed by atoms with Gasteiger partial charge < -0.3 is 14.7 Å².